The Kier molecular flexibility index (Phi) is 4.57. The van der Waals surface area contributed by atoms with E-state index in [4.69, 9.17) is 10.5 Å². The maximum Gasteiger partial charge on any atom is 0.239 e. The van der Waals surface area contributed by atoms with Crippen LogP contribution in [0.5, 0.6) is 5.88 Å². The monoisotopic (exact) mass is 392 g/mol. The van der Waals surface area contributed by atoms with Crippen LogP contribution in [0.3, 0.4) is 0 Å². The first-order valence-corrected chi connectivity index (χ1v) is 9.28. The lowest BCUT2D eigenvalue weighted by atomic mass is 9.87. The summed E-state index contributed by atoms with van der Waals surface area (Å²) in [5.41, 5.74) is 9.48. The number of pyridine rings is 1. The molecule has 0 atom stereocenters. The van der Waals surface area contributed by atoms with Gasteiger partial charge in [0.05, 0.1) is 12.8 Å². The quantitative estimate of drug-likeness (QED) is 0.602. The normalized spacial score (nSPS) is 14.4. The summed E-state index contributed by atoms with van der Waals surface area (Å²) in [6.45, 7) is 5.22. The average Bonchev–Trinajstić information content (AvgIpc) is 3.00. The van der Waals surface area contributed by atoms with Gasteiger partial charge in [0.2, 0.25) is 17.8 Å². The van der Waals surface area contributed by atoms with E-state index in [-0.39, 0.29) is 5.41 Å². The number of aromatic nitrogens is 4. The lowest BCUT2D eigenvalue weighted by Crippen LogP contribution is -2.26. The second kappa shape index (κ2) is 7.08. The van der Waals surface area contributed by atoms with Crippen LogP contribution in [0.2, 0.25) is 0 Å². The first kappa shape index (κ1) is 18.7. The molecule has 3 heterocycles. The van der Waals surface area contributed by atoms with Gasteiger partial charge in [-0.05, 0) is 17.7 Å². The van der Waals surface area contributed by atoms with Crippen LogP contribution >= 0.6 is 0 Å². The van der Waals surface area contributed by atoms with Gasteiger partial charge < -0.3 is 26.0 Å². The highest BCUT2D eigenvalue weighted by molar-refractivity contribution is 5.74. The molecule has 9 heteroatoms. The molecule has 1 aliphatic rings. The van der Waals surface area contributed by atoms with E-state index >= 15 is 0 Å². The highest BCUT2D eigenvalue weighted by Crippen LogP contribution is 2.43. The van der Waals surface area contributed by atoms with Crippen molar-refractivity contribution in [3.05, 3.63) is 42.2 Å². The summed E-state index contributed by atoms with van der Waals surface area (Å²) in [6.07, 6.45) is 1.49. The van der Waals surface area contributed by atoms with Crippen molar-refractivity contribution in [2.45, 2.75) is 19.3 Å². The number of ether oxygens (including phenoxy) is 1. The number of nitrogens with one attached hydrogen (secondary N) is 2. The van der Waals surface area contributed by atoms with E-state index in [1.54, 1.807) is 20.2 Å². The average molecular weight is 392 g/mol. The molecule has 0 spiro atoms. The number of benzene rings is 1. The Balaban J connectivity index is 1.67. The summed E-state index contributed by atoms with van der Waals surface area (Å²) < 4.78 is 5.37. The molecule has 0 aliphatic carbocycles. The summed E-state index contributed by atoms with van der Waals surface area (Å²) in [5, 5.41) is 6.07. The van der Waals surface area contributed by atoms with E-state index < -0.39 is 0 Å². The molecule has 3 aromatic rings. The van der Waals surface area contributed by atoms with Gasteiger partial charge in [0.25, 0.3) is 0 Å². The molecule has 0 fully saturated rings. The summed E-state index contributed by atoms with van der Waals surface area (Å²) >= 11 is 0. The number of fused-ring (bicyclic) bond motifs is 1. The van der Waals surface area contributed by atoms with Crippen LogP contribution in [0.1, 0.15) is 19.4 Å². The smallest absolute Gasteiger partial charge is 0.239 e. The number of hydrogen-bond acceptors (Lipinski definition) is 9. The molecule has 0 saturated carbocycles. The van der Waals surface area contributed by atoms with Crippen LogP contribution < -0.4 is 26.0 Å². The fourth-order valence-electron chi connectivity index (χ4n) is 3.58. The molecule has 0 radical (unpaired) electrons. The molecule has 0 amide bonds. The summed E-state index contributed by atoms with van der Waals surface area (Å²) in [5.74, 6) is 1.89. The van der Waals surface area contributed by atoms with Crippen molar-refractivity contribution in [3.63, 3.8) is 0 Å². The Labute approximate surface area is 169 Å². The lowest BCUT2D eigenvalue weighted by Gasteiger charge is -2.21. The van der Waals surface area contributed by atoms with E-state index in [1.807, 2.05) is 6.07 Å². The first-order chi connectivity index (χ1) is 13.9. The molecule has 0 saturated heterocycles. The first-order valence-electron chi connectivity index (χ1n) is 9.28. The van der Waals surface area contributed by atoms with Crippen LogP contribution in [0, 0.1) is 0 Å². The SMILES string of the molecule is CNc1nc(OC)c(Nc2ncnc(N3CC(C)(C)c4ccccc43)n2)cc1N. The van der Waals surface area contributed by atoms with Gasteiger partial charge in [0, 0.05) is 24.7 Å². The fraction of sp³-hybridized carbons (Fsp3) is 0.300. The Bertz CT molecular complexity index is 1050. The predicted molar refractivity (Wildman–Crippen MR) is 114 cm³/mol. The largest absolute Gasteiger partial charge is 0.479 e. The zero-order valence-corrected chi connectivity index (χ0v) is 16.9. The Morgan fingerprint density at radius 1 is 1.17 bits per heavy atom. The van der Waals surface area contributed by atoms with Crippen molar-refractivity contribution in [1.82, 2.24) is 19.9 Å². The topological polar surface area (TPSA) is 114 Å². The maximum absolute atomic E-state index is 6.04. The molecule has 4 N–H and O–H groups in total. The number of nitrogens with two attached hydrogens (primary N) is 1. The van der Waals surface area contributed by atoms with E-state index in [2.05, 4.69) is 67.5 Å². The van der Waals surface area contributed by atoms with Crippen LogP contribution in [0.15, 0.2) is 36.7 Å². The highest BCUT2D eigenvalue weighted by Gasteiger charge is 2.36. The zero-order valence-electron chi connectivity index (χ0n) is 16.9. The van der Waals surface area contributed by atoms with Crippen molar-refractivity contribution in [2.24, 2.45) is 0 Å². The molecule has 1 aliphatic heterocycles. The van der Waals surface area contributed by atoms with Crippen LogP contribution in [0.4, 0.5) is 34.8 Å². The highest BCUT2D eigenvalue weighted by atomic mass is 16.5. The van der Waals surface area contributed by atoms with E-state index in [1.165, 1.54) is 11.9 Å². The van der Waals surface area contributed by atoms with Crippen LogP contribution in [-0.4, -0.2) is 40.6 Å². The minimum Gasteiger partial charge on any atom is -0.479 e. The maximum atomic E-state index is 6.04. The third-order valence-corrected chi connectivity index (χ3v) is 4.97. The molecule has 0 unspecified atom stereocenters. The third-order valence-electron chi connectivity index (χ3n) is 4.97. The van der Waals surface area contributed by atoms with Gasteiger partial charge in [-0.2, -0.15) is 9.97 Å². The minimum absolute atomic E-state index is 0.00138. The van der Waals surface area contributed by atoms with Crippen LogP contribution in [-0.2, 0) is 5.41 Å². The van der Waals surface area contributed by atoms with Gasteiger partial charge in [-0.25, -0.2) is 9.97 Å². The molecule has 29 heavy (non-hydrogen) atoms. The third kappa shape index (κ3) is 3.35. The zero-order chi connectivity index (χ0) is 20.6. The molecular formula is C20H24N8O. The summed E-state index contributed by atoms with van der Waals surface area (Å²) in [4.78, 5) is 19.7. The molecule has 0 bridgehead atoms. The lowest BCUT2D eigenvalue weighted by molar-refractivity contribution is 0.401. The molecule has 4 rings (SSSR count). The number of anilines is 6. The molecule has 150 valence electrons. The second-order valence-electron chi connectivity index (χ2n) is 7.45. The Morgan fingerprint density at radius 2 is 1.97 bits per heavy atom. The van der Waals surface area contributed by atoms with E-state index in [9.17, 15) is 0 Å². The standard InChI is InChI=1S/C20H24N8O/c1-20(2)10-28(15-8-6-5-7-12(15)20)19-24-11-23-18(27-19)25-14-9-13(21)16(22-3)26-17(14)29-4/h5-9,11H,10,21H2,1-4H3,(H,22,26)(H,23,24,25,27). The molecule has 1 aromatic carbocycles. The van der Waals surface area contributed by atoms with Crippen molar-refractivity contribution in [3.8, 4) is 5.88 Å². The van der Waals surface area contributed by atoms with E-state index in [0.717, 1.165) is 12.2 Å². The van der Waals surface area contributed by atoms with Crippen molar-refractivity contribution < 1.29 is 4.74 Å². The molecule has 9 nitrogen and oxygen atoms in total. The molecule has 2 aromatic heterocycles. The number of nitrogens with zero attached hydrogens (tertiary/aromatic N) is 5. The Hall–Kier alpha value is -3.62. The van der Waals surface area contributed by atoms with Gasteiger partial charge in [-0.15, -0.1) is 0 Å². The van der Waals surface area contributed by atoms with Crippen molar-refractivity contribution in [1.29, 1.82) is 0 Å². The minimum atomic E-state index is 0.00138. The second-order valence-corrected chi connectivity index (χ2v) is 7.45. The predicted octanol–water partition coefficient (Wildman–Crippen LogP) is 3.07. The Morgan fingerprint density at radius 3 is 2.72 bits per heavy atom. The fourth-order valence-corrected chi connectivity index (χ4v) is 3.58. The molecular weight excluding hydrogens is 368 g/mol. The van der Waals surface area contributed by atoms with Gasteiger partial charge in [-0.1, -0.05) is 32.0 Å². The number of rotatable bonds is 5. The van der Waals surface area contributed by atoms with Crippen molar-refractivity contribution in [2.75, 3.05) is 42.0 Å². The number of hydrogen-bond donors (Lipinski definition) is 3. The number of methoxy groups -OCH3 is 1. The van der Waals surface area contributed by atoms with Crippen LogP contribution in [0.25, 0.3) is 0 Å². The number of para-hydroxylation sites is 1. The summed E-state index contributed by atoms with van der Waals surface area (Å²) in [6, 6.07) is 10.1. The summed E-state index contributed by atoms with van der Waals surface area (Å²) in [7, 11) is 3.30. The van der Waals surface area contributed by atoms with E-state index in [0.29, 0.717) is 35.0 Å². The van der Waals surface area contributed by atoms with Gasteiger partial charge >= 0.3 is 0 Å². The van der Waals surface area contributed by atoms with Gasteiger partial charge in [0.15, 0.2) is 5.82 Å². The van der Waals surface area contributed by atoms with Gasteiger partial charge in [0.1, 0.15) is 12.0 Å². The van der Waals surface area contributed by atoms with Crippen molar-refractivity contribution >= 4 is 34.8 Å². The number of nitrogen functional groups attached to an aromatic ring is 1. The van der Waals surface area contributed by atoms with Gasteiger partial charge in [-0.3, -0.25) is 0 Å².